The van der Waals surface area contributed by atoms with E-state index in [0.29, 0.717) is 17.6 Å². The lowest BCUT2D eigenvalue weighted by Gasteiger charge is -2.30. The van der Waals surface area contributed by atoms with E-state index in [0.717, 1.165) is 12.1 Å². The number of carbonyl (C=O) groups is 1. The highest BCUT2D eigenvalue weighted by Gasteiger charge is 2.36. The topological polar surface area (TPSA) is 32.3 Å². The number of amides is 1. The summed E-state index contributed by atoms with van der Waals surface area (Å²) in [5.41, 5.74) is 0.239. The minimum absolute atomic E-state index is 0.0694. The van der Waals surface area contributed by atoms with Gasteiger partial charge in [0, 0.05) is 12.6 Å². The van der Waals surface area contributed by atoms with Crippen molar-refractivity contribution in [3.8, 4) is 0 Å². The van der Waals surface area contributed by atoms with Crippen LogP contribution in [0.3, 0.4) is 0 Å². The lowest BCUT2D eigenvalue weighted by molar-refractivity contribution is -0.123. The molecule has 98 valence electrons. The van der Waals surface area contributed by atoms with Crippen LogP contribution in [0.1, 0.15) is 27.2 Å². The van der Waals surface area contributed by atoms with Crippen LogP contribution >= 0.6 is 11.6 Å². The van der Waals surface area contributed by atoms with Crippen LogP contribution in [0.25, 0.3) is 0 Å². The number of halogens is 1. The van der Waals surface area contributed by atoms with Crippen LogP contribution in [-0.4, -0.2) is 24.0 Å². The first kappa shape index (κ1) is 13.4. The van der Waals surface area contributed by atoms with Crippen LogP contribution in [0.15, 0.2) is 24.3 Å². The van der Waals surface area contributed by atoms with E-state index in [-0.39, 0.29) is 5.91 Å². The first-order valence-corrected chi connectivity index (χ1v) is 6.64. The summed E-state index contributed by atoms with van der Waals surface area (Å²) in [6.45, 7) is 6.63. The van der Waals surface area contributed by atoms with Crippen molar-refractivity contribution in [1.82, 2.24) is 5.32 Å². The average molecular weight is 267 g/mol. The smallest absolute Gasteiger partial charge is 0.246 e. The quantitative estimate of drug-likeness (QED) is 0.848. The molecule has 18 heavy (non-hydrogen) atoms. The highest BCUT2D eigenvalue weighted by molar-refractivity contribution is 6.33. The van der Waals surface area contributed by atoms with Crippen molar-refractivity contribution in [2.24, 2.45) is 0 Å². The van der Waals surface area contributed by atoms with Gasteiger partial charge in [0.05, 0.1) is 16.2 Å². The normalized spacial score (nSPS) is 23.9. The van der Waals surface area contributed by atoms with Crippen molar-refractivity contribution in [2.45, 2.75) is 38.8 Å². The highest BCUT2D eigenvalue weighted by Crippen LogP contribution is 2.29. The molecule has 0 spiro atoms. The van der Waals surface area contributed by atoms with Crippen LogP contribution < -0.4 is 10.2 Å². The Labute approximate surface area is 113 Å². The third-order valence-corrected chi connectivity index (χ3v) is 3.64. The van der Waals surface area contributed by atoms with Crippen molar-refractivity contribution < 1.29 is 4.79 Å². The molecule has 1 unspecified atom stereocenters. The summed E-state index contributed by atoms with van der Waals surface area (Å²) in [5.74, 6) is 0.0694. The molecular formula is C14H19ClN2O. The average Bonchev–Trinajstić information content (AvgIpc) is 2.39. The third kappa shape index (κ3) is 2.52. The van der Waals surface area contributed by atoms with Crippen molar-refractivity contribution in [1.29, 1.82) is 0 Å². The lowest BCUT2D eigenvalue weighted by atomic mass is 10.0. The zero-order chi connectivity index (χ0) is 13.3. The molecule has 1 fully saturated rings. The maximum atomic E-state index is 12.6. The SMILES string of the molecule is CC1CCN(c2ccccc2Cl)C(=O)C(C)(C)N1. The molecule has 1 heterocycles. The van der Waals surface area contributed by atoms with Gasteiger partial charge in [0.15, 0.2) is 0 Å². The maximum Gasteiger partial charge on any atom is 0.246 e. The summed E-state index contributed by atoms with van der Waals surface area (Å²) < 4.78 is 0. The van der Waals surface area contributed by atoms with Gasteiger partial charge in [-0.25, -0.2) is 0 Å². The Balaban J connectivity index is 2.38. The monoisotopic (exact) mass is 266 g/mol. The number of anilines is 1. The van der Waals surface area contributed by atoms with Crippen LogP contribution in [0.2, 0.25) is 5.02 Å². The minimum Gasteiger partial charge on any atom is -0.309 e. The summed E-state index contributed by atoms with van der Waals surface area (Å²) in [6, 6.07) is 7.81. The number of nitrogens with zero attached hydrogens (tertiary/aromatic N) is 1. The molecule has 1 aliphatic rings. The number of hydrogen-bond acceptors (Lipinski definition) is 2. The summed E-state index contributed by atoms with van der Waals surface area (Å²) in [4.78, 5) is 14.4. The highest BCUT2D eigenvalue weighted by atomic mass is 35.5. The number of carbonyl (C=O) groups excluding carboxylic acids is 1. The Kier molecular flexibility index (Phi) is 3.64. The Morgan fingerprint density at radius 3 is 2.72 bits per heavy atom. The zero-order valence-electron chi connectivity index (χ0n) is 11.0. The number of rotatable bonds is 1. The van der Waals surface area contributed by atoms with Crippen molar-refractivity contribution >= 4 is 23.2 Å². The Hall–Kier alpha value is -1.06. The van der Waals surface area contributed by atoms with Gasteiger partial charge in [0.2, 0.25) is 5.91 Å². The van der Waals surface area contributed by atoms with E-state index in [4.69, 9.17) is 11.6 Å². The van der Waals surface area contributed by atoms with E-state index in [2.05, 4.69) is 12.2 Å². The standard InChI is InChI=1S/C14H19ClN2O/c1-10-8-9-17(13(18)14(2,3)16-10)12-7-5-4-6-11(12)15/h4-7,10,16H,8-9H2,1-3H3. The van der Waals surface area contributed by atoms with E-state index in [1.807, 2.05) is 38.1 Å². The van der Waals surface area contributed by atoms with Crippen LogP contribution in [0, 0.1) is 0 Å². The molecule has 0 saturated carbocycles. The molecule has 1 aromatic carbocycles. The predicted molar refractivity (Wildman–Crippen MR) is 75.1 cm³/mol. The van der Waals surface area contributed by atoms with Gasteiger partial charge in [-0.1, -0.05) is 23.7 Å². The van der Waals surface area contributed by atoms with E-state index < -0.39 is 5.54 Å². The fourth-order valence-electron chi connectivity index (χ4n) is 2.41. The zero-order valence-corrected chi connectivity index (χ0v) is 11.8. The first-order chi connectivity index (χ1) is 8.42. The first-order valence-electron chi connectivity index (χ1n) is 6.26. The summed E-state index contributed by atoms with van der Waals surface area (Å²) in [5, 5.41) is 3.97. The fourth-order valence-corrected chi connectivity index (χ4v) is 2.65. The van der Waals surface area contributed by atoms with Crippen LogP contribution in [0.5, 0.6) is 0 Å². The van der Waals surface area contributed by atoms with E-state index in [1.54, 1.807) is 4.90 Å². The van der Waals surface area contributed by atoms with Gasteiger partial charge in [-0.15, -0.1) is 0 Å². The van der Waals surface area contributed by atoms with E-state index >= 15 is 0 Å². The largest absolute Gasteiger partial charge is 0.309 e. The van der Waals surface area contributed by atoms with Crippen molar-refractivity contribution in [3.05, 3.63) is 29.3 Å². The molecule has 3 nitrogen and oxygen atoms in total. The second kappa shape index (κ2) is 4.90. The van der Waals surface area contributed by atoms with Gasteiger partial charge in [-0.3, -0.25) is 4.79 Å². The number of benzene rings is 1. The van der Waals surface area contributed by atoms with E-state index in [1.165, 1.54) is 0 Å². The van der Waals surface area contributed by atoms with Crippen molar-refractivity contribution in [2.75, 3.05) is 11.4 Å². The summed E-state index contributed by atoms with van der Waals surface area (Å²) in [7, 11) is 0. The molecule has 1 aromatic rings. The Morgan fingerprint density at radius 1 is 1.39 bits per heavy atom. The van der Waals surface area contributed by atoms with Gasteiger partial charge in [-0.2, -0.15) is 0 Å². The van der Waals surface area contributed by atoms with Gasteiger partial charge in [0.1, 0.15) is 0 Å². The van der Waals surface area contributed by atoms with Gasteiger partial charge in [-0.05, 0) is 39.3 Å². The molecule has 1 atom stereocenters. The lowest BCUT2D eigenvalue weighted by Crippen LogP contribution is -2.53. The molecular weight excluding hydrogens is 248 g/mol. The predicted octanol–water partition coefficient (Wildman–Crippen LogP) is 2.83. The Morgan fingerprint density at radius 2 is 2.06 bits per heavy atom. The molecule has 0 aromatic heterocycles. The fraction of sp³-hybridized carbons (Fsp3) is 0.500. The molecule has 1 saturated heterocycles. The van der Waals surface area contributed by atoms with Gasteiger partial charge >= 0.3 is 0 Å². The molecule has 1 amide bonds. The molecule has 0 aliphatic carbocycles. The molecule has 1 aliphatic heterocycles. The van der Waals surface area contributed by atoms with Crippen LogP contribution in [0.4, 0.5) is 5.69 Å². The summed E-state index contributed by atoms with van der Waals surface area (Å²) in [6.07, 6.45) is 0.917. The molecule has 2 rings (SSSR count). The number of para-hydroxylation sites is 1. The molecule has 0 radical (unpaired) electrons. The number of nitrogens with one attached hydrogen (secondary N) is 1. The van der Waals surface area contributed by atoms with Gasteiger partial charge in [0.25, 0.3) is 0 Å². The molecule has 1 N–H and O–H groups in total. The number of hydrogen-bond donors (Lipinski definition) is 1. The molecule has 0 bridgehead atoms. The summed E-state index contributed by atoms with van der Waals surface area (Å²) >= 11 is 6.19. The van der Waals surface area contributed by atoms with Crippen molar-refractivity contribution in [3.63, 3.8) is 0 Å². The van der Waals surface area contributed by atoms with Crippen LogP contribution in [-0.2, 0) is 4.79 Å². The second-order valence-electron chi connectivity index (χ2n) is 5.37. The third-order valence-electron chi connectivity index (χ3n) is 3.32. The van der Waals surface area contributed by atoms with E-state index in [9.17, 15) is 4.79 Å². The maximum absolute atomic E-state index is 12.6. The molecule has 4 heteroatoms. The Bertz CT molecular complexity index is 459. The second-order valence-corrected chi connectivity index (χ2v) is 5.77. The minimum atomic E-state index is -0.560. The van der Waals surface area contributed by atoms with Gasteiger partial charge < -0.3 is 10.2 Å².